The molecule has 7 nitrogen and oxygen atoms in total. The van der Waals surface area contributed by atoms with Gasteiger partial charge in [0.05, 0.1) is 10.2 Å². The van der Waals surface area contributed by atoms with Gasteiger partial charge in [-0.2, -0.15) is 13.2 Å². The molecule has 35 heavy (non-hydrogen) atoms. The number of anilines is 2. The van der Waals surface area contributed by atoms with Crippen LogP contribution in [0.5, 0.6) is 0 Å². The number of amides is 3. The van der Waals surface area contributed by atoms with Gasteiger partial charge in [0, 0.05) is 24.7 Å². The molecule has 0 aliphatic heterocycles. The minimum atomic E-state index is -4.79. The van der Waals surface area contributed by atoms with Gasteiger partial charge in [0.15, 0.2) is 11.0 Å². The van der Waals surface area contributed by atoms with E-state index in [1.54, 1.807) is 0 Å². The first-order valence-electron chi connectivity index (χ1n) is 10.8. The number of hydrogen-bond donors (Lipinski definition) is 3. The first kappa shape index (κ1) is 24.9. The highest BCUT2D eigenvalue weighted by Gasteiger charge is 2.49. The van der Waals surface area contributed by atoms with Crippen LogP contribution < -0.4 is 16.4 Å². The van der Waals surface area contributed by atoms with Gasteiger partial charge in [-0.15, -0.1) is 0 Å². The summed E-state index contributed by atoms with van der Waals surface area (Å²) in [5.74, 6) is -3.82. The standard InChI is InChI=1S/C23H23F4N5O2S/c1-32(12-22(11-28)8-9-22)19(33)18(23(25,26)27)13-2-7-16-17(10-13)35-21(30-16)31-20(34)29-15-5-3-14(24)4-6-15/h2-7,10,18H,8-9,11-12,28H2,1H3,(H2,29,30,31,34). The van der Waals surface area contributed by atoms with E-state index in [0.717, 1.165) is 29.1 Å². The zero-order valence-electron chi connectivity index (χ0n) is 18.7. The summed E-state index contributed by atoms with van der Waals surface area (Å²) in [4.78, 5) is 30.4. The fraction of sp³-hybridized carbons (Fsp3) is 0.348. The second-order valence-electron chi connectivity index (χ2n) is 8.71. The van der Waals surface area contributed by atoms with Crippen LogP contribution in [-0.4, -0.2) is 48.1 Å². The Labute approximate surface area is 202 Å². The minimum Gasteiger partial charge on any atom is -0.344 e. The normalized spacial score (nSPS) is 15.5. The molecule has 1 unspecified atom stereocenters. The molecule has 4 N–H and O–H groups in total. The van der Waals surface area contributed by atoms with E-state index in [0.29, 0.717) is 22.4 Å². The molecule has 0 bridgehead atoms. The molecule has 0 spiro atoms. The van der Waals surface area contributed by atoms with Gasteiger partial charge in [-0.25, -0.2) is 14.2 Å². The lowest BCUT2D eigenvalue weighted by molar-refractivity contribution is -0.171. The number of alkyl halides is 3. The zero-order valence-corrected chi connectivity index (χ0v) is 19.5. The number of nitrogens with one attached hydrogen (secondary N) is 2. The van der Waals surface area contributed by atoms with Crippen molar-refractivity contribution in [3.05, 3.63) is 53.8 Å². The van der Waals surface area contributed by atoms with E-state index >= 15 is 0 Å². The van der Waals surface area contributed by atoms with Crippen LogP contribution in [-0.2, 0) is 4.79 Å². The highest BCUT2D eigenvalue weighted by Crippen LogP contribution is 2.46. The highest BCUT2D eigenvalue weighted by molar-refractivity contribution is 7.22. The maximum atomic E-state index is 14.0. The monoisotopic (exact) mass is 509 g/mol. The highest BCUT2D eigenvalue weighted by atomic mass is 32.1. The molecular weight excluding hydrogens is 486 g/mol. The number of nitrogens with two attached hydrogens (primary N) is 1. The number of aromatic nitrogens is 1. The summed E-state index contributed by atoms with van der Waals surface area (Å²) in [5, 5.41) is 5.17. The third-order valence-electron chi connectivity index (χ3n) is 5.98. The van der Waals surface area contributed by atoms with E-state index in [2.05, 4.69) is 15.6 Å². The van der Waals surface area contributed by atoms with Crippen LogP contribution in [0.3, 0.4) is 0 Å². The molecule has 1 fully saturated rings. The molecule has 4 rings (SSSR count). The Morgan fingerprint density at radius 3 is 2.46 bits per heavy atom. The average molecular weight is 510 g/mol. The van der Waals surface area contributed by atoms with Crippen molar-refractivity contribution in [3.8, 4) is 0 Å². The number of rotatable bonds is 7. The van der Waals surface area contributed by atoms with Gasteiger partial charge in [0.2, 0.25) is 5.91 Å². The molecular formula is C23H23F4N5O2S. The molecule has 3 amide bonds. The number of thiazole rings is 1. The van der Waals surface area contributed by atoms with E-state index < -0.39 is 29.8 Å². The second kappa shape index (κ2) is 9.42. The molecule has 1 aromatic heterocycles. The lowest BCUT2D eigenvalue weighted by Crippen LogP contribution is -2.42. The topological polar surface area (TPSA) is 100 Å². The van der Waals surface area contributed by atoms with Crippen molar-refractivity contribution < 1.29 is 27.2 Å². The number of fused-ring (bicyclic) bond motifs is 1. The van der Waals surface area contributed by atoms with Crippen LogP contribution in [0, 0.1) is 11.2 Å². The van der Waals surface area contributed by atoms with Crippen LogP contribution in [0.25, 0.3) is 10.2 Å². The third-order valence-corrected chi connectivity index (χ3v) is 6.92. The summed E-state index contributed by atoms with van der Waals surface area (Å²) in [6.45, 7) is 0.494. The molecule has 186 valence electrons. The van der Waals surface area contributed by atoms with Crippen LogP contribution in [0.1, 0.15) is 24.3 Å². The smallest absolute Gasteiger partial charge is 0.344 e. The molecule has 0 saturated heterocycles. The number of urea groups is 1. The molecule has 1 saturated carbocycles. The third kappa shape index (κ3) is 5.70. The van der Waals surface area contributed by atoms with Gasteiger partial charge >= 0.3 is 12.2 Å². The van der Waals surface area contributed by atoms with Gasteiger partial charge < -0.3 is 16.0 Å². The number of carbonyl (C=O) groups excluding carboxylic acids is 2. The van der Waals surface area contributed by atoms with E-state index in [1.165, 1.54) is 49.5 Å². The number of nitrogens with zero attached hydrogens (tertiary/aromatic N) is 2. The van der Waals surface area contributed by atoms with Crippen molar-refractivity contribution in [2.24, 2.45) is 11.1 Å². The quantitative estimate of drug-likeness (QED) is 0.394. The maximum absolute atomic E-state index is 14.0. The van der Waals surface area contributed by atoms with Crippen molar-refractivity contribution >= 4 is 44.3 Å². The first-order chi connectivity index (χ1) is 16.5. The predicted octanol–water partition coefficient (Wildman–Crippen LogP) is 4.92. The molecule has 1 aliphatic carbocycles. The summed E-state index contributed by atoms with van der Waals surface area (Å²) in [6, 6.07) is 8.37. The summed E-state index contributed by atoms with van der Waals surface area (Å²) in [5.41, 5.74) is 5.95. The number of hydrogen-bond acceptors (Lipinski definition) is 5. The summed E-state index contributed by atoms with van der Waals surface area (Å²) < 4.78 is 55.3. The largest absolute Gasteiger partial charge is 0.404 e. The van der Waals surface area contributed by atoms with E-state index in [-0.39, 0.29) is 22.7 Å². The molecule has 2 aromatic carbocycles. The molecule has 1 aliphatic rings. The van der Waals surface area contributed by atoms with Crippen molar-refractivity contribution in [1.82, 2.24) is 9.88 Å². The van der Waals surface area contributed by atoms with E-state index in [4.69, 9.17) is 5.73 Å². The van der Waals surface area contributed by atoms with Gasteiger partial charge in [0.25, 0.3) is 0 Å². The zero-order chi connectivity index (χ0) is 25.4. The Hall–Kier alpha value is -3.25. The lowest BCUT2D eigenvalue weighted by atomic mass is 9.96. The summed E-state index contributed by atoms with van der Waals surface area (Å²) in [6.07, 6.45) is -3.22. The molecule has 12 heteroatoms. The minimum absolute atomic E-state index is 0.155. The van der Waals surface area contributed by atoms with Gasteiger partial charge in [-0.3, -0.25) is 10.1 Å². The molecule has 1 heterocycles. The van der Waals surface area contributed by atoms with Crippen LogP contribution >= 0.6 is 11.3 Å². The number of halogens is 4. The molecule has 0 radical (unpaired) electrons. The Morgan fingerprint density at radius 2 is 1.86 bits per heavy atom. The first-order valence-corrected chi connectivity index (χ1v) is 11.6. The van der Waals surface area contributed by atoms with Gasteiger partial charge in [-0.05, 0) is 61.3 Å². The van der Waals surface area contributed by atoms with Crippen LogP contribution in [0.2, 0.25) is 0 Å². The SMILES string of the molecule is CN(CC1(CN)CC1)C(=O)C(c1ccc2nc(NC(=O)Nc3ccc(F)cc3)sc2c1)C(F)(F)F. The van der Waals surface area contributed by atoms with Crippen LogP contribution in [0.15, 0.2) is 42.5 Å². The Kier molecular flexibility index (Phi) is 6.69. The second-order valence-corrected chi connectivity index (χ2v) is 9.74. The Morgan fingerprint density at radius 1 is 1.17 bits per heavy atom. The number of likely N-dealkylation sites (N-methyl/N-ethyl adjacent to an activating group) is 1. The summed E-state index contributed by atoms with van der Waals surface area (Å²) >= 11 is 0.973. The van der Waals surface area contributed by atoms with Crippen molar-refractivity contribution in [3.63, 3.8) is 0 Å². The average Bonchev–Trinajstić information content (AvgIpc) is 3.44. The fourth-order valence-electron chi connectivity index (χ4n) is 3.84. The van der Waals surface area contributed by atoms with Crippen molar-refractivity contribution in [2.45, 2.75) is 24.9 Å². The lowest BCUT2D eigenvalue weighted by Gasteiger charge is -2.28. The number of carbonyl (C=O) groups is 2. The van der Waals surface area contributed by atoms with Crippen molar-refractivity contribution in [1.29, 1.82) is 0 Å². The van der Waals surface area contributed by atoms with E-state index in [1.807, 2.05) is 0 Å². The predicted molar refractivity (Wildman–Crippen MR) is 126 cm³/mol. The van der Waals surface area contributed by atoms with E-state index in [9.17, 15) is 27.2 Å². The van der Waals surface area contributed by atoms with Crippen molar-refractivity contribution in [2.75, 3.05) is 30.8 Å². The summed E-state index contributed by atoms with van der Waals surface area (Å²) in [7, 11) is 1.36. The van der Waals surface area contributed by atoms with Gasteiger partial charge in [0.1, 0.15) is 5.82 Å². The molecule has 1 atom stereocenters. The number of benzene rings is 2. The Balaban J connectivity index is 1.52. The Bertz CT molecular complexity index is 1240. The molecule has 3 aromatic rings. The van der Waals surface area contributed by atoms with Crippen LogP contribution in [0.4, 0.5) is 33.2 Å². The fourth-order valence-corrected chi connectivity index (χ4v) is 4.75. The van der Waals surface area contributed by atoms with Gasteiger partial charge in [-0.1, -0.05) is 17.4 Å². The maximum Gasteiger partial charge on any atom is 0.404 e.